The van der Waals surface area contributed by atoms with Crippen LogP contribution in [0.15, 0.2) is 60.8 Å². The molecule has 0 saturated heterocycles. The van der Waals surface area contributed by atoms with E-state index in [-0.39, 0.29) is 18.2 Å². The lowest BCUT2D eigenvalue weighted by molar-refractivity contribution is 0.628. The Labute approximate surface area is 169 Å². The predicted octanol–water partition coefficient (Wildman–Crippen LogP) is 6.58. The van der Waals surface area contributed by atoms with Crippen molar-refractivity contribution in [2.24, 2.45) is 0 Å². The van der Waals surface area contributed by atoms with Gasteiger partial charge in [-0.25, -0.2) is 4.39 Å². The molecule has 2 aromatic carbocycles. The lowest BCUT2D eigenvalue weighted by atomic mass is 10.1. The number of benzene rings is 2. The van der Waals surface area contributed by atoms with Gasteiger partial charge in [0.15, 0.2) is 0 Å². The molecule has 0 spiro atoms. The van der Waals surface area contributed by atoms with E-state index in [9.17, 15) is 4.39 Å². The average molecular weight is 401 g/mol. The smallest absolute Gasteiger partial charge is 0.123 e. The first-order valence-corrected chi connectivity index (χ1v) is 8.87. The van der Waals surface area contributed by atoms with Crippen LogP contribution in [0, 0.1) is 19.7 Å². The summed E-state index contributed by atoms with van der Waals surface area (Å²) in [4.78, 5) is 4.61. The lowest BCUT2D eigenvalue weighted by Crippen LogP contribution is -2.03. The molecule has 2 heterocycles. The van der Waals surface area contributed by atoms with Gasteiger partial charge in [-0.3, -0.25) is 4.98 Å². The van der Waals surface area contributed by atoms with Crippen molar-refractivity contribution in [2.75, 3.05) is 0 Å². The third kappa shape index (κ3) is 3.58. The Hall–Kier alpha value is -2.36. The summed E-state index contributed by atoms with van der Waals surface area (Å²) in [6.45, 7) is 4.98. The normalized spacial score (nSPS) is 10.8. The number of pyridine rings is 1. The van der Waals surface area contributed by atoms with Crippen molar-refractivity contribution in [2.45, 2.75) is 20.4 Å². The fourth-order valence-electron chi connectivity index (χ4n) is 3.38. The Bertz CT molecular complexity index is 1080. The van der Waals surface area contributed by atoms with Gasteiger partial charge in [0, 0.05) is 34.4 Å². The summed E-state index contributed by atoms with van der Waals surface area (Å²) in [5.74, 6) is -0.246. The van der Waals surface area contributed by atoms with E-state index in [2.05, 4.69) is 23.4 Å². The zero-order valence-corrected chi connectivity index (χ0v) is 16.6. The van der Waals surface area contributed by atoms with Crippen LogP contribution in [0.4, 0.5) is 4.39 Å². The molecule has 138 valence electrons. The van der Waals surface area contributed by atoms with Crippen LogP contribution in [0.3, 0.4) is 0 Å². The van der Waals surface area contributed by atoms with E-state index in [4.69, 9.17) is 11.6 Å². The highest BCUT2D eigenvalue weighted by atomic mass is 35.5. The number of fused-ring (bicyclic) bond motifs is 1. The minimum absolute atomic E-state index is 0. The van der Waals surface area contributed by atoms with Gasteiger partial charge < -0.3 is 4.57 Å². The van der Waals surface area contributed by atoms with Crippen molar-refractivity contribution in [1.29, 1.82) is 0 Å². The maximum absolute atomic E-state index is 13.3. The van der Waals surface area contributed by atoms with Crippen LogP contribution in [0.2, 0.25) is 5.02 Å². The molecule has 4 rings (SSSR count). The standard InChI is InChI=1S/C22H18ClFN2.ClH/c1-14-15(2)26(13-16-3-7-18(23)8-4-16)22-20(14)11-12-25-21(22)17-5-9-19(24)10-6-17;/h3-12H,13H2,1-2H3;1H. The van der Waals surface area contributed by atoms with Crippen LogP contribution < -0.4 is 0 Å². The first-order chi connectivity index (χ1) is 12.5. The molecule has 0 saturated carbocycles. The summed E-state index contributed by atoms with van der Waals surface area (Å²) in [5, 5.41) is 1.90. The van der Waals surface area contributed by atoms with Crippen LogP contribution in [-0.2, 0) is 6.54 Å². The molecule has 2 nitrogen and oxygen atoms in total. The second-order valence-corrected chi connectivity index (χ2v) is 6.92. The minimum Gasteiger partial charge on any atom is -0.338 e. The van der Waals surface area contributed by atoms with Gasteiger partial charge in [0.25, 0.3) is 0 Å². The Morgan fingerprint density at radius 2 is 1.63 bits per heavy atom. The number of halogens is 3. The Kier molecular flexibility index (Phi) is 5.54. The predicted molar refractivity (Wildman–Crippen MR) is 112 cm³/mol. The van der Waals surface area contributed by atoms with Crippen molar-refractivity contribution in [1.82, 2.24) is 9.55 Å². The lowest BCUT2D eigenvalue weighted by Gasteiger charge is -2.12. The summed E-state index contributed by atoms with van der Waals surface area (Å²) in [6.07, 6.45) is 1.82. The number of aromatic nitrogens is 2. The summed E-state index contributed by atoms with van der Waals surface area (Å²) < 4.78 is 15.6. The topological polar surface area (TPSA) is 17.8 Å². The Balaban J connectivity index is 0.00000210. The quantitative estimate of drug-likeness (QED) is 0.379. The molecule has 0 amide bonds. The van der Waals surface area contributed by atoms with Crippen molar-refractivity contribution in [3.8, 4) is 11.3 Å². The molecule has 0 aliphatic heterocycles. The fraction of sp³-hybridized carbons (Fsp3) is 0.136. The van der Waals surface area contributed by atoms with Gasteiger partial charge in [-0.2, -0.15) is 0 Å². The molecule has 0 aliphatic rings. The molecule has 0 aliphatic carbocycles. The Morgan fingerprint density at radius 1 is 0.963 bits per heavy atom. The van der Waals surface area contributed by atoms with Crippen molar-refractivity contribution >= 4 is 34.9 Å². The molecule has 0 N–H and O–H groups in total. The van der Waals surface area contributed by atoms with Gasteiger partial charge in [0.1, 0.15) is 5.82 Å². The molecular formula is C22H19Cl2FN2. The second-order valence-electron chi connectivity index (χ2n) is 6.49. The zero-order chi connectivity index (χ0) is 18.3. The van der Waals surface area contributed by atoms with E-state index in [1.807, 2.05) is 36.5 Å². The maximum atomic E-state index is 13.3. The van der Waals surface area contributed by atoms with Crippen LogP contribution in [0.25, 0.3) is 22.2 Å². The molecular weight excluding hydrogens is 382 g/mol. The maximum Gasteiger partial charge on any atom is 0.123 e. The van der Waals surface area contributed by atoms with Crippen molar-refractivity contribution in [3.63, 3.8) is 0 Å². The summed E-state index contributed by atoms with van der Waals surface area (Å²) >= 11 is 6.02. The summed E-state index contributed by atoms with van der Waals surface area (Å²) in [6, 6.07) is 16.4. The number of nitrogens with zero attached hydrogens (tertiary/aromatic N) is 2. The van der Waals surface area contributed by atoms with Gasteiger partial charge in [-0.15, -0.1) is 12.4 Å². The molecule has 0 fully saturated rings. The first kappa shape index (κ1) is 19.4. The third-order valence-electron chi connectivity index (χ3n) is 4.92. The largest absolute Gasteiger partial charge is 0.338 e. The number of hydrogen-bond donors (Lipinski definition) is 0. The second kappa shape index (κ2) is 7.71. The SMILES string of the molecule is Cc1c(C)n(Cc2ccc(Cl)cc2)c2c(-c3ccc(F)cc3)nccc12.Cl. The van der Waals surface area contributed by atoms with Gasteiger partial charge in [-0.1, -0.05) is 23.7 Å². The van der Waals surface area contributed by atoms with Crippen LogP contribution in [0.1, 0.15) is 16.8 Å². The molecule has 0 atom stereocenters. The van der Waals surface area contributed by atoms with Crippen LogP contribution in [-0.4, -0.2) is 9.55 Å². The number of rotatable bonds is 3. The van der Waals surface area contributed by atoms with Crippen LogP contribution in [0.5, 0.6) is 0 Å². The van der Waals surface area contributed by atoms with Gasteiger partial charge in [-0.05, 0) is 67.4 Å². The highest BCUT2D eigenvalue weighted by molar-refractivity contribution is 6.30. The molecule has 5 heteroatoms. The van der Waals surface area contributed by atoms with Gasteiger partial charge in [0.05, 0.1) is 11.2 Å². The van der Waals surface area contributed by atoms with Gasteiger partial charge >= 0.3 is 0 Å². The third-order valence-corrected chi connectivity index (χ3v) is 5.17. The number of aryl methyl sites for hydroxylation is 1. The van der Waals surface area contributed by atoms with Crippen molar-refractivity contribution in [3.05, 3.63) is 88.5 Å². The number of hydrogen-bond acceptors (Lipinski definition) is 1. The van der Waals surface area contributed by atoms with Gasteiger partial charge in [0.2, 0.25) is 0 Å². The monoisotopic (exact) mass is 400 g/mol. The minimum atomic E-state index is -0.246. The highest BCUT2D eigenvalue weighted by Crippen LogP contribution is 2.33. The summed E-state index contributed by atoms with van der Waals surface area (Å²) in [7, 11) is 0. The molecule has 4 aromatic rings. The molecule has 2 aromatic heterocycles. The van der Waals surface area contributed by atoms with E-state index in [0.29, 0.717) is 0 Å². The molecule has 0 radical (unpaired) electrons. The molecule has 0 unspecified atom stereocenters. The van der Waals surface area contributed by atoms with E-state index in [1.165, 1.54) is 34.3 Å². The van der Waals surface area contributed by atoms with E-state index in [1.54, 1.807) is 12.1 Å². The van der Waals surface area contributed by atoms with E-state index in [0.717, 1.165) is 28.3 Å². The molecule has 0 bridgehead atoms. The molecule has 27 heavy (non-hydrogen) atoms. The van der Waals surface area contributed by atoms with Crippen LogP contribution >= 0.6 is 24.0 Å². The highest BCUT2D eigenvalue weighted by Gasteiger charge is 2.16. The zero-order valence-electron chi connectivity index (χ0n) is 15.0. The Morgan fingerprint density at radius 3 is 2.30 bits per heavy atom. The first-order valence-electron chi connectivity index (χ1n) is 8.49. The average Bonchev–Trinajstić information content (AvgIpc) is 2.89. The van der Waals surface area contributed by atoms with Crippen molar-refractivity contribution < 1.29 is 4.39 Å². The van der Waals surface area contributed by atoms with E-state index >= 15 is 0 Å². The fourth-order valence-corrected chi connectivity index (χ4v) is 3.51. The summed E-state index contributed by atoms with van der Waals surface area (Å²) in [5.41, 5.74) is 6.46. The van der Waals surface area contributed by atoms with E-state index < -0.39 is 0 Å².